The lowest BCUT2D eigenvalue weighted by molar-refractivity contribution is 0.537. The van der Waals surface area contributed by atoms with Crippen LogP contribution in [0.2, 0.25) is 0 Å². The van der Waals surface area contributed by atoms with Gasteiger partial charge in [-0.05, 0) is 12.8 Å². The summed E-state index contributed by atoms with van der Waals surface area (Å²) in [5.41, 5.74) is 5.85. The van der Waals surface area contributed by atoms with Crippen molar-refractivity contribution in [2.45, 2.75) is 64.3 Å². The Morgan fingerprint density at radius 2 is 1.77 bits per heavy atom. The second-order valence-electron chi connectivity index (χ2n) is 3.84. The maximum Gasteiger partial charge on any atom is 0.00733 e. The molecule has 13 heavy (non-hydrogen) atoms. The topological polar surface area (TPSA) is 26.0 Å². The summed E-state index contributed by atoms with van der Waals surface area (Å²) in [6.07, 6.45) is 12.2. The SMILES string of the molecule is C=CCC(N)CCCCCCCC. The van der Waals surface area contributed by atoms with Crippen molar-refractivity contribution < 1.29 is 0 Å². The summed E-state index contributed by atoms with van der Waals surface area (Å²) in [6, 6.07) is 0.351. The third kappa shape index (κ3) is 9.62. The van der Waals surface area contributed by atoms with Crippen molar-refractivity contribution in [2.24, 2.45) is 5.73 Å². The average Bonchev–Trinajstić information content (AvgIpc) is 2.11. The number of rotatable bonds is 9. The molecule has 78 valence electrons. The summed E-state index contributed by atoms with van der Waals surface area (Å²) in [4.78, 5) is 0. The molecule has 0 fully saturated rings. The first kappa shape index (κ1) is 12.7. The minimum Gasteiger partial charge on any atom is -0.327 e. The van der Waals surface area contributed by atoms with Gasteiger partial charge in [-0.25, -0.2) is 0 Å². The molecule has 0 rings (SSSR count). The van der Waals surface area contributed by atoms with Crippen LogP contribution in [-0.2, 0) is 0 Å². The maximum atomic E-state index is 5.85. The summed E-state index contributed by atoms with van der Waals surface area (Å²) in [7, 11) is 0. The van der Waals surface area contributed by atoms with Gasteiger partial charge in [-0.2, -0.15) is 0 Å². The zero-order valence-corrected chi connectivity index (χ0v) is 9.10. The molecule has 1 heteroatoms. The molecule has 0 heterocycles. The third-order valence-corrected chi connectivity index (χ3v) is 2.40. The minimum absolute atomic E-state index is 0.351. The van der Waals surface area contributed by atoms with Crippen LogP contribution in [0.15, 0.2) is 12.7 Å². The van der Waals surface area contributed by atoms with Gasteiger partial charge in [0.25, 0.3) is 0 Å². The minimum atomic E-state index is 0.351. The zero-order chi connectivity index (χ0) is 9.94. The molecule has 0 bridgehead atoms. The van der Waals surface area contributed by atoms with Crippen molar-refractivity contribution in [3.05, 3.63) is 12.7 Å². The van der Waals surface area contributed by atoms with Gasteiger partial charge in [0.15, 0.2) is 0 Å². The number of nitrogens with two attached hydrogens (primary N) is 1. The molecule has 0 saturated heterocycles. The second kappa shape index (κ2) is 9.79. The van der Waals surface area contributed by atoms with Gasteiger partial charge < -0.3 is 5.73 Å². The van der Waals surface area contributed by atoms with E-state index in [1.807, 2.05) is 6.08 Å². The Labute approximate surface area is 83.4 Å². The van der Waals surface area contributed by atoms with Gasteiger partial charge in [-0.1, -0.05) is 51.5 Å². The highest BCUT2D eigenvalue weighted by Gasteiger charge is 1.98. The van der Waals surface area contributed by atoms with Crippen LogP contribution in [0, 0.1) is 0 Å². The van der Waals surface area contributed by atoms with Crippen molar-refractivity contribution in [3.8, 4) is 0 Å². The van der Waals surface area contributed by atoms with Crippen LogP contribution >= 0.6 is 0 Å². The lowest BCUT2D eigenvalue weighted by Gasteiger charge is -2.07. The predicted molar refractivity (Wildman–Crippen MR) is 60.8 cm³/mol. The lowest BCUT2D eigenvalue weighted by atomic mass is 10.0. The fourth-order valence-electron chi connectivity index (χ4n) is 1.52. The maximum absolute atomic E-state index is 5.85. The van der Waals surface area contributed by atoms with E-state index < -0.39 is 0 Å². The van der Waals surface area contributed by atoms with Crippen LogP contribution in [0.25, 0.3) is 0 Å². The van der Waals surface area contributed by atoms with Crippen molar-refractivity contribution in [1.82, 2.24) is 0 Å². The molecule has 0 spiro atoms. The Morgan fingerprint density at radius 3 is 2.38 bits per heavy atom. The highest BCUT2D eigenvalue weighted by molar-refractivity contribution is 4.74. The number of hydrogen-bond donors (Lipinski definition) is 1. The molecule has 0 aliphatic rings. The predicted octanol–water partition coefficient (Wildman–Crippen LogP) is 3.64. The fraction of sp³-hybridized carbons (Fsp3) is 0.833. The largest absolute Gasteiger partial charge is 0.327 e. The third-order valence-electron chi connectivity index (χ3n) is 2.40. The van der Waals surface area contributed by atoms with Gasteiger partial charge in [-0.3, -0.25) is 0 Å². The quantitative estimate of drug-likeness (QED) is 0.428. The molecule has 0 aliphatic heterocycles. The van der Waals surface area contributed by atoms with Gasteiger partial charge in [0.1, 0.15) is 0 Å². The van der Waals surface area contributed by atoms with E-state index in [1.165, 1.54) is 38.5 Å². The second-order valence-corrected chi connectivity index (χ2v) is 3.84. The van der Waals surface area contributed by atoms with Gasteiger partial charge >= 0.3 is 0 Å². The van der Waals surface area contributed by atoms with Crippen LogP contribution in [0.3, 0.4) is 0 Å². The van der Waals surface area contributed by atoms with E-state index in [4.69, 9.17) is 5.73 Å². The van der Waals surface area contributed by atoms with Crippen LogP contribution < -0.4 is 5.73 Å². The summed E-state index contributed by atoms with van der Waals surface area (Å²) < 4.78 is 0. The van der Waals surface area contributed by atoms with Crippen LogP contribution in [0.1, 0.15) is 58.3 Å². The van der Waals surface area contributed by atoms with Crippen molar-refractivity contribution in [3.63, 3.8) is 0 Å². The van der Waals surface area contributed by atoms with Gasteiger partial charge in [-0.15, -0.1) is 6.58 Å². The van der Waals surface area contributed by atoms with E-state index in [9.17, 15) is 0 Å². The Hall–Kier alpha value is -0.300. The van der Waals surface area contributed by atoms with E-state index in [0.717, 1.165) is 12.8 Å². The van der Waals surface area contributed by atoms with Crippen molar-refractivity contribution in [2.75, 3.05) is 0 Å². The van der Waals surface area contributed by atoms with Crippen molar-refractivity contribution >= 4 is 0 Å². The van der Waals surface area contributed by atoms with E-state index in [-0.39, 0.29) is 0 Å². The first-order chi connectivity index (χ1) is 6.31. The summed E-state index contributed by atoms with van der Waals surface area (Å²) in [5, 5.41) is 0. The molecule has 0 aromatic carbocycles. The molecule has 0 aliphatic carbocycles. The summed E-state index contributed by atoms with van der Waals surface area (Å²) in [6.45, 7) is 5.94. The molecule has 2 N–H and O–H groups in total. The molecule has 1 nitrogen and oxygen atoms in total. The Morgan fingerprint density at radius 1 is 1.15 bits per heavy atom. The van der Waals surface area contributed by atoms with Crippen LogP contribution in [-0.4, -0.2) is 6.04 Å². The molecule has 0 aromatic rings. The Bertz CT molecular complexity index is 110. The summed E-state index contributed by atoms with van der Waals surface area (Å²) in [5.74, 6) is 0. The molecule has 0 saturated carbocycles. The first-order valence-corrected chi connectivity index (χ1v) is 5.67. The van der Waals surface area contributed by atoms with Crippen molar-refractivity contribution in [1.29, 1.82) is 0 Å². The first-order valence-electron chi connectivity index (χ1n) is 5.67. The van der Waals surface area contributed by atoms with Gasteiger partial charge in [0.05, 0.1) is 0 Å². The highest BCUT2D eigenvalue weighted by atomic mass is 14.6. The molecular weight excluding hydrogens is 158 g/mol. The zero-order valence-electron chi connectivity index (χ0n) is 9.10. The van der Waals surface area contributed by atoms with E-state index in [2.05, 4.69) is 13.5 Å². The molecule has 1 unspecified atom stereocenters. The fourth-order valence-corrected chi connectivity index (χ4v) is 1.52. The Kier molecular flexibility index (Phi) is 9.56. The standard InChI is InChI=1S/C12H25N/c1-3-5-6-7-8-9-11-12(13)10-4-2/h4,12H,2-3,5-11,13H2,1H3. The van der Waals surface area contributed by atoms with Crippen LogP contribution in [0.4, 0.5) is 0 Å². The molecule has 0 amide bonds. The van der Waals surface area contributed by atoms with Gasteiger partial charge in [0, 0.05) is 6.04 Å². The molecule has 1 atom stereocenters. The Balaban J connectivity index is 3.01. The van der Waals surface area contributed by atoms with Gasteiger partial charge in [0.2, 0.25) is 0 Å². The molecule has 0 radical (unpaired) electrons. The van der Waals surface area contributed by atoms with E-state index in [0.29, 0.717) is 6.04 Å². The normalized spacial score (nSPS) is 12.8. The van der Waals surface area contributed by atoms with E-state index >= 15 is 0 Å². The molecule has 0 aromatic heterocycles. The highest BCUT2D eigenvalue weighted by Crippen LogP contribution is 2.09. The number of unbranched alkanes of at least 4 members (excludes halogenated alkanes) is 5. The molecular formula is C12H25N. The van der Waals surface area contributed by atoms with Crippen LogP contribution in [0.5, 0.6) is 0 Å². The lowest BCUT2D eigenvalue weighted by Crippen LogP contribution is -2.18. The summed E-state index contributed by atoms with van der Waals surface area (Å²) >= 11 is 0. The van der Waals surface area contributed by atoms with E-state index in [1.54, 1.807) is 0 Å². The monoisotopic (exact) mass is 183 g/mol. The average molecular weight is 183 g/mol. The number of hydrogen-bond acceptors (Lipinski definition) is 1. The smallest absolute Gasteiger partial charge is 0.00733 e.